The highest BCUT2D eigenvalue weighted by Crippen LogP contribution is 2.31. The Kier molecular flexibility index (Phi) is 5.84. The zero-order chi connectivity index (χ0) is 22.0. The maximum atomic E-state index is 13.5. The second-order valence-corrected chi connectivity index (χ2v) is 8.05. The van der Waals surface area contributed by atoms with Gasteiger partial charge in [-0.1, -0.05) is 42.0 Å². The molecule has 2 aromatic carbocycles. The fourth-order valence-corrected chi connectivity index (χ4v) is 3.92. The number of carbonyl (C=O) groups is 2. The third-order valence-corrected chi connectivity index (χ3v) is 5.56. The Hall–Kier alpha value is -3.48. The quantitative estimate of drug-likeness (QED) is 0.704. The average Bonchev–Trinajstić information content (AvgIpc) is 2.90. The molecule has 1 aliphatic heterocycles. The number of carbonyl (C=O) groups excluding carboxylic acids is 2. The summed E-state index contributed by atoms with van der Waals surface area (Å²) >= 11 is 0. The lowest BCUT2D eigenvalue weighted by molar-refractivity contribution is -0.121. The smallest absolute Gasteiger partial charge is 0.230 e. The van der Waals surface area contributed by atoms with Gasteiger partial charge >= 0.3 is 0 Å². The molecule has 0 spiro atoms. The number of anilines is 2. The van der Waals surface area contributed by atoms with Gasteiger partial charge in [-0.15, -0.1) is 0 Å². The molecule has 0 fully saturated rings. The van der Waals surface area contributed by atoms with E-state index >= 15 is 0 Å². The van der Waals surface area contributed by atoms with Crippen LogP contribution in [-0.2, 0) is 9.59 Å². The van der Waals surface area contributed by atoms with Crippen LogP contribution in [-0.4, -0.2) is 41.9 Å². The SMILES string of the molecule is CC(=O)N[C@@H](CC(=O)N1CCCN(C)c2nc3ccccc3nc21)c1ccc(C)cc1. The summed E-state index contributed by atoms with van der Waals surface area (Å²) in [5.74, 6) is 1.03. The highest BCUT2D eigenvalue weighted by atomic mass is 16.2. The van der Waals surface area contributed by atoms with Crippen molar-refractivity contribution >= 4 is 34.5 Å². The van der Waals surface area contributed by atoms with E-state index in [-0.39, 0.29) is 18.2 Å². The van der Waals surface area contributed by atoms with Gasteiger partial charge in [0, 0.05) is 27.1 Å². The summed E-state index contributed by atoms with van der Waals surface area (Å²) in [4.78, 5) is 38.7. The summed E-state index contributed by atoms with van der Waals surface area (Å²) in [6, 6.07) is 15.2. The zero-order valence-corrected chi connectivity index (χ0v) is 18.1. The van der Waals surface area contributed by atoms with Crippen molar-refractivity contribution < 1.29 is 9.59 Å². The molecule has 7 heteroatoms. The number of nitrogens with one attached hydrogen (secondary N) is 1. The molecule has 4 rings (SSSR count). The number of aromatic nitrogens is 2. The van der Waals surface area contributed by atoms with Crippen LogP contribution in [0.2, 0.25) is 0 Å². The standard InChI is InChI=1S/C24H27N5O2/c1-16-9-11-18(12-10-16)21(25-17(2)30)15-22(31)29-14-6-13-28(3)23-24(29)27-20-8-5-4-7-19(20)26-23/h4-5,7-12,21H,6,13-15H2,1-3H3,(H,25,30)/t21-/m0/s1. The van der Waals surface area contributed by atoms with Gasteiger partial charge in [-0.25, -0.2) is 9.97 Å². The van der Waals surface area contributed by atoms with E-state index in [0.29, 0.717) is 18.2 Å². The van der Waals surface area contributed by atoms with Crippen LogP contribution < -0.4 is 15.1 Å². The molecule has 31 heavy (non-hydrogen) atoms. The van der Waals surface area contributed by atoms with E-state index in [0.717, 1.165) is 35.1 Å². The van der Waals surface area contributed by atoms with Crippen molar-refractivity contribution in [3.8, 4) is 0 Å². The minimum atomic E-state index is -0.400. The maximum absolute atomic E-state index is 13.5. The molecule has 3 aromatic rings. The molecule has 160 valence electrons. The molecule has 0 aliphatic carbocycles. The summed E-state index contributed by atoms with van der Waals surface area (Å²) in [5, 5.41) is 2.93. The Labute approximate surface area is 182 Å². The highest BCUT2D eigenvalue weighted by molar-refractivity contribution is 5.97. The third kappa shape index (κ3) is 4.50. The van der Waals surface area contributed by atoms with Crippen LogP contribution in [0, 0.1) is 6.92 Å². The Morgan fingerprint density at radius 3 is 2.29 bits per heavy atom. The lowest BCUT2D eigenvalue weighted by Gasteiger charge is -2.25. The average molecular weight is 418 g/mol. The summed E-state index contributed by atoms with van der Waals surface area (Å²) in [6.07, 6.45) is 0.965. The van der Waals surface area contributed by atoms with Gasteiger partial charge in [0.2, 0.25) is 11.8 Å². The second kappa shape index (κ2) is 8.71. The molecule has 0 saturated carbocycles. The first-order valence-electron chi connectivity index (χ1n) is 10.5. The molecular weight excluding hydrogens is 390 g/mol. The molecule has 1 N–H and O–H groups in total. The Morgan fingerprint density at radius 2 is 1.65 bits per heavy atom. The van der Waals surface area contributed by atoms with Crippen LogP contribution in [0.3, 0.4) is 0 Å². The van der Waals surface area contributed by atoms with Gasteiger partial charge in [0.1, 0.15) is 0 Å². The van der Waals surface area contributed by atoms with E-state index in [4.69, 9.17) is 9.97 Å². The number of benzene rings is 2. The van der Waals surface area contributed by atoms with Crippen molar-refractivity contribution in [1.82, 2.24) is 15.3 Å². The molecule has 1 atom stereocenters. The van der Waals surface area contributed by atoms with Crippen molar-refractivity contribution in [2.45, 2.75) is 32.7 Å². The van der Waals surface area contributed by atoms with Gasteiger partial charge in [-0.05, 0) is 31.0 Å². The fourth-order valence-electron chi connectivity index (χ4n) is 3.92. The second-order valence-electron chi connectivity index (χ2n) is 8.05. The number of para-hydroxylation sites is 2. The maximum Gasteiger partial charge on any atom is 0.230 e. The van der Waals surface area contributed by atoms with Gasteiger partial charge in [-0.3, -0.25) is 14.5 Å². The van der Waals surface area contributed by atoms with Crippen LogP contribution in [0.4, 0.5) is 11.6 Å². The summed E-state index contributed by atoms with van der Waals surface area (Å²) in [5.41, 5.74) is 3.60. The largest absolute Gasteiger partial charge is 0.357 e. The minimum absolute atomic E-state index is 0.0829. The first-order valence-corrected chi connectivity index (χ1v) is 10.5. The van der Waals surface area contributed by atoms with Crippen molar-refractivity contribution in [2.24, 2.45) is 0 Å². The first-order chi connectivity index (χ1) is 14.9. The third-order valence-electron chi connectivity index (χ3n) is 5.56. The van der Waals surface area contributed by atoms with Crippen LogP contribution in [0.25, 0.3) is 11.0 Å². The normalized spacial score (nSPS) is 14.7. The number of fused-ring (bicyclic) bond motifs is 2. The molecular formula is C24H27N5O2. The van der Waals surface area contributed by atoms with E-state index in [1.54, 1.807) is 4.90 Å². The molecule has 0 saturated heterocycles. The Morgan fingerprint density at radius 1 is 1.00 bits per heavy atom. The zero-order valence-electron chi connectivity index (χ0n) is 18.1. The number of amides is 2. The summed E-state index contributed by atoms with van der Waals surface area (Å²) in [7, 11) is 1.97. The molecule has 2 heterocycles. The van der Waals surface area contributed by atoms with E-state index in [2.05, 4.69) is 5.32 Å². The van der Waals surface area contributed by atoms with Crippen LogP contribution in [0.1, 0.15) is 36.9 Å². The highest BCUT2D eigenvalue weighted by Gasteiger charge is 2.29. The van der Waals surface area contributed by atoms with Crippen molar-refractivity contribution in [1.29, 1.82) is 0 Å². The van der Waals surface area contributed by atoms with Gasteiger partial charge < -0.3 is 10.2 Å². The Bertz CT molecular complexity index is 1110. The van der Waals surface area contributed by atoms with E-state index in [1.165, 1.54) is 6.92 Å². The number of nitrogens with zero attached hydrogens (tertiary/aromatic N) is 4. The van der Waals surface area contributed by atoms with Gasteiger partial charge in [-0.2, -0.15) is 0 Å². The molecule has 2 amide bonds. The predicted molar refractivity (Wildman–Crippen MR) is 122 cm³/mol. The number of rotatable bonds is 4. The van der Waals surface area contributed by atoms with E-state index < -0.39 is 6.04 Å². The van der Waals surface area contributed by atoms with Gasteiger partial charge in [0.25, 0.3) is 0 Å². The Balaban J connectivity index is 1.68. The van der Waals surface area contributed by atoms with Crippen molar-refractivity contribution in [3.05, 3.63) is 59.7 Å². The van der Waals surface area contributed by atoms with Crippen LogP contribution in [0.15, 0.2) is 48.5 Å². The monoisotopic (exact) mass is 417 g/mol. The molecule has 1 aromatic heterocycles. The lowest BCUT2D eigenvalue weighted by atomic mass is 10.0. The molecule has 0 bridgehead atoms. The van der Waals surface area contributed by atoms with E-state index in [1.807, 2.05) is 67.4 Å². The predicted octanol–water partition coefficient (Wildman–Crippen LogP) is 3.38. The molecule has 0 radical (unpaired) electrons. The summed E-state index contributed by atoms with van der Waals surface area (Å²) < 4.78 is 0. The molecule has 0 unspecified atom stereocenters. The number of hydrogen-bond donors (Lipinski definition) is 1. The van der Waals surface area contributed by atoms with Crippen LogP contribution in [0.5, 0.6) is 0 Å². The minimum Gasteiger partial charge on any atom is -0.357 e. The fraction of sp³-hybridized carbons (Fsp3) is 0.333. The number of aryl methyl sites for hydroxylation is 1. The van der Waals surface area contributed by atoms with Crippen molar-refractivity contribution in [2.75, 3.05) is 29.9 Å². The van der Waals surface area contributed by atoms with Gasteiger partial charge in [0.05, 0.1) is 23.5 Å². The van der Waals surface area contributed by atoms with Crippen LogP contribution >= 0.6 is 0 Å². The summed E-state index contributed by atoms with van der Waals surface area (Å²) in [6.45, 7) is 4.83. The first kappa shape index (κ1) is 20.8. The number of hydrogen-bond acceptors (Lipinski definition) is 5. The van der Waals surface area contributed by atoms with Gasteiger partial charge in [0.15, 0.2) is 11.6 Å². The topological polar surface area (TPSA) is 78.4 Å². The van der Waals surface area contributed by atoms with Crippen molar-refractivity contribution in [3.63, 3.8) is 0 Å². The molecule has 7 nitrogen and oxygen atoms in total. The lowest BCUT2D eigenvalue weighted by Crippen LogP contribution is -2.37. The van der Waals surface area contributed by atoms with E-state index in [9.17, 15) is 9.59 Å². The molecule has 1 aliphatic rings.